The summed E-state index contributed by atoms with van der Waals surface area (Å²) in [5.41, 5.74) is 1.95. The highest BCUT2D eigenvalue weighted by Crippen LogP contribution is 2.15. The second-order valence-corrected chi connectivity index (χ2v) is 6.33. The molecule has 3 nitrogen and oxygen atoms in total. The molecule has 20 heavy (non-hydrogen) atoms. The third-order valence-electron chi connectivity index (χ3n) is 3.46. The zero-order valence-electron chi connectivity index (χ0n) is 13.6. The van der Waals surface area contributed by atoms with E-state index in [9.17, 15) is 5.11 Å². The first kappa shape index (κ1) is 17.2. The van der Waals surface area contributed by atoms with Gasteiger partial charge in [0.25, 0.3) is 0 Å². The molecule has 0 bridgehead atoms. The smallest absolute Gasteiger partial charge is 0.0869 e. The Morgan fingerprint density at radius 2 is 1.85 bits per heavy atom. The Labute approximate surface area is 124 Å². The van der Waals surface area contributed by atoms with Gasteiger partial charge in [0.15, 0.2) is 0 Å². The second-order valence-electron chi connectivity index (χ2n) is 6.33. The molecule has 0 aliphatic carbocycles. The first-order chi connectivity index (χ1) is 9.34. The van der Waals surface area contributed by atoms with Crippen molar-refractivity contribution in [3.05, 3.63) is 35.4 Å². The third kappa shape index (κ3) is 6.04. The largest absolute Gasteiger partial charge is 0.388 e. The molecule has 0 fully saturated rings. The highest BCUT2D eigenvalue weighted by atomic mass is 16.3. The van der Waals surface area contributed by atoms with Gasteiger partial charge in [0, 0.05) is 19.1 Å². The number of hydrogen-bond acceptors (Lipinski definition) is 3. The van der Waals surface area contributed by atoms with Crippen LogP contribution in [0.15, 0.2) is 24.3 Å². The summed E-state index contributed by atoms with van der Waals surface area (Å²) >= 11 is 0. The highest BCUT2D eigenvalue weighted by Gasteiger charge is 2.21. The van der Waals surface area contributed by atoms with E-state index in [0.29, 0.717) is 13.1 Å². The van der Waals surface area contributed by atoms with Gasteiger partial charge in [-0.2, -0.15) is 0 Å². The van der Waals surface area contributed by atoms with Crippen LogP contribution in [0.1, 0.15) is 44.4 Å². The fraction of sp³-hybridized carbons (Fsp3) is 0.647. The normalized spacial score (nSPS) is 16.1. The van der Waals surface area contributed by atoms with Crippen LogP contribution in [0.5, 0.6) is 0 Å². The van der Waals surface area contributed by atoms with Crippen LogP contribution in [0.2, 0.25) is 0 Å². The number of hydrogen-bond donors (Lipinski definition) is 2. The van der Waals surface area contributed by atoms with E-state index in [2.05, 4.69) is 43.4 Å². The molecule has 114 valence electrons. The van der Waals surface area contributed by atoms with Crippen LogP contribution in [0.25, 0.3) is 0 Å². The van der Waals surface area contributed by atoms with Crippen LogP contribution in [-0.2, 0) is 6.42 Å². The number of aryl methyl sites for hydroxylation is 1. The Bertz CT molecular complexity index is 384. The molecule has 3 heteroatoms. The first-order valence-corrected chi connectivity index (χ1v) is 7.53. The van der Waals surface area contributed by atoms with Gasteiger partial charge in [0.05, 0.1) is 5.60 Å². The van der Waals surface area contributed by atoms with Gasteiger partial charge >= 0.3 is 0 Å². The van der Waals surface area contributed by atoms with Crippen molar-refractivity contribution < 1.29 is 5.11 Å². The van der Waals surface area contributed by atoms with E-state index >= 15 is 0 Å². The molecule has 1 aromatic rings. The van der Waals surface area contributed by atoms with Crippen LogP contribution in [0, 0.1) is 0 Å². The molecule has 2 atom stereocenters. The van der Waals surface area contributed by atoms with E-state index in [1.54, 1.807) is 0 Å². The van der Waals surface area contributed by atoms with Crippen molar-refractivity contribution in [1.82, 2.24) is 10.2 Å². The lowest BCUT2D eigenvalue weighted by Gasteiger charge is -2.29. The van der Waals surface area contributed by atoms with Crippen molar-refractivity contribution in [3.8, 4) is 0 Å². The van der Waals surface area contributed by atoms with E-state index in [1.807, 2.05) is 25.9 Å². The molecular formula is C17H30N2O. The maximum absolute atomic E-state index is 10.3. The number of likely N-dealkylation sites (N-methyl/N-ethyl adjacent to an activating group) is 1. The Kier molecular flexibility index (Phi) is 6.66. The average Bonchev–Trinajstić information content (AvgIpc) is 2.36. The van der Waals surface area contributed by atoms with Gasteiger partial charge in [0.1, 0.15) is 0 Å². The average molecular weight is 278 g/mol. The Hall–Kier alpha value is -0.900. The molecule has 0 saturated carbocycles. The van der Waals surface area contributed by atoms with Gasteiger partial charge < -0.3 is 15.3 Å². The predicted molar refractivity (Wildman–Crippen MR) is 86.0 cm³/mol. The summed E-state index contributed by atoms with van der Waals surface area (Å²) in [4.78, 5) is 2.01. The Morgan fingerprint density at radius 1 is 1.25 bits per heavy atom. The number of aliphatic hydroxyl groups is 1. The molecule has 0 amide bonds. The van der Waals surface area contributed by atoms with Gasteiger partial charge in [-0.15, -0.1) is 0 Å². The molecule has 0 radical (unpaired) electrons. The minimum atomic E-state index is -0.708. The second kappa shape index (κ2) is 7.77. The lowest BCUT2D eigenvalue weighted by atomic mass is 10.0. The number of rotatable bonds is 8. The van der Waals surface area contributed by atoms with Crippen LogP contribution < -0.4 is 5.32 Å². The molecule has 0 aromatic heterocycles. The van der Waals surface area contributed by atoms with Crippen LogP contribution >= 0.6 is 0 Å². The highest BCUT2D eigenvalue weighted by molar-refractivity contribution is 5.24. The van der Waals surface area contributed by atoms with Crippen LogP contribution in [0.4, 0.5) is 0 Å². The summed E-state index contributed by atoms with van der Waals surface area (Å²) < 4.78 is 0. The standard InChI is InChI=1S/C17H30N2O/c1-6-7-15-8-10-16(11-9-15)14(2)18-12-17(3,20)13-19(4)5/h8-11,14,18,20H,6-7,12-13H2,1-5H3. The lowest BCUT2D eigenvalue weighted by molar-refractivity contribution is 0.0317. The summed E-state index contributed by atoms with van der Waals surface area (Å²) in [6.45, 7) is 7.45. The SMILES string of the molecule is CCCc1ccc(C(C)NCC(C)(O)CN(C)C)cc1. The molecule has 2 N–H and O–H groups in total. The zero-order chi connectivity index (χ0) is 15.2. The van der Waals surface area contributed by atoms with Crippen LogP contribution in [0.3, 0.4) is 0 Å². The van der Waals surface area contributed by atoms with Crippen LogP contribution in [-0.4, -0.2) is 42.8 Å². The van der Waals surface area contributed by atoms with Crippen molar-refractivity contribution in [2.24, 2.45) is 0 Å². The maximum atomic E-state index is 10.3. The molecule has 1 rings (SSSR count). The molecule has 0 saturated heterocycles. The molecular weight excluding hydrogens is 248 g/mol. The summed E-state index contributed by atoms with van der Waals surface area (Å²) in [5.74, 6) is 0. The molecule has 0 aliphatic rings. The minimum absolute atomic E-state index is 0.249. The van der Waals surface area contributed by atoms with E-state index in [0.717, 1.165) is 6.42 Å². The van der Waals surface area contributed by atoms with Crippen molar-refractivity contribution in [2.75, 3.05) is 27.2 Å². The number of nitrogens with zero attached hydrogens (tertiary/aromatic N) is 1. The van der Waals surface area contributed by atoms with E-state index in [1.165, 1.54) is 17.5 Å². The van der Waals surface area contributed by atoms with Crippen molar-refractivity contribution in [1.29, 1.82) is 0 Å². The third-order valence-corrected chi connectivity index (χ3v) is 3.46. The maximum Gasteiger partial charge on any atom is 0.0869 e. The van der Waals surface area contributed by atoms with E-state index in [4.69, 9.17) is 0 Å². The summed E-state index contributed by atoms with van der Waals surface area (Å²) in [5, 5.41) is 13.7. The van der Waals surface area contributed by atoms with Crippen molar-refractivity contribution in [3.63, 3.8) is 0 Å². The molecule has 0 spiro atoms. The molecule has 0 aliphatic heterocycles. The number of benzene rings is 1. The predicted octanol–water partition coefficient (Wildman–Crippen LogP) is 2.60. The first-order valence-electron chi connectivity index (χ1n) is 7.53. The van der Waals surface area contributed by atoms with Gasteiger partial charge in [-0.25, -0.2) is 0 Å². The van der Waals surface area contributed by atoms with Crippen molar-refractivity contribution >= 4 is 0 Å². The molecule has 1 aromatic carbocycles. The summed E-state index contributed by atoms with van der Waals surface area (Å²) in [7, 11) is 3.95. The van der Waals surface area contributed by atoms with E-state index < -0.39 is 5.60 Å². The van der Waals surface area contributed by atoms with Gasteiger partial charge in [0.2, 0.25) is 0 Å². The van der Waals surface area contributed by atoms with E-state index in [-0.39, 0.29) is 6.04 Å². The van der Waals surface area contributed by atoms with Gasteiger partial charge in [-0.05, 0) is 45.5 Å². The molecule has 2 unspecified atom stereocenters. The Balaban J connectivity index is 2.51. The number of nitrogens with one attached hydrogen (secondary N) is 1. The zero-order valence-corrected chi connectivity index (χ0v) is 13.6. The summed E-state index contributed by atoms with van der Waals surface area (Å²) in [6.07, 6.45) is 2.32. The Morgan fingerprint density at radius 3 is 2.35 bits per heavy atom. The summed E-state index contributed by atoms with van der Waals surface area (Å²) in [6, 6.07) is 9.02. The monoisotopic (exact) mass is 278 g/mol. The van der Waals surface area contributed by atoms with Gasteiger partial charge in [-0.1, -0.05) is 37.6 Å². The molecule has 0 heterocycles. The topological polar surface area (TPSA) is 35.5 Å². The fourth-order valence-electron chi connectivity index (χ4n) is 2.49. The quantitative estimate of drug-likeness (QED) is 0.767. The van der Waals surface area contributed by atoms with Gasteiger partial charge in [-0.3, -0.25) is 0 Å². The lowest BCUT2D eigenvalue weighted by Crippen LogP contribution is -2.46. The fourth-order valence-corrected chi connectivity index (χ4v) is 2.49. The van der Waals surface area contributed by atoms with Crippen molar-refractivity contribution in [2.45, 2.75) is 45.3 Å². The minimum Gasteiger partial charge on any atom is -0.388 e.